The third-order valence-corrected chi connectivity index (χ3v) is 2.79. The first-order valence-electron chi connectivity index (χ1n) is 6.31. The molecule has 0 unspecified atom stereocenters. The zero-order chi connectivity index (χ0) is 15.1. The van der Waals surface area contributed by atoms with Crippen LogP contribution in [0.1, 0.15) is 26.7 Å². The molecule has 0 bridgehead atoms. The molecule has 1 atom stereocenters. The number of nitrogens with one attached hydrogen (secondary N) is 1. The van der Waals surface area contributed by atoms with Gasteiger partial charge in [-0.3, -0.25) is 9.59 Å². The van der Waals surface area contributed by atoms with Crippen LogP contribution in [0, 0.1) is 0 Å². The summed E-state index contributed by atoms with van der Waals surface area (Å²) in [6.07, 6.45) is 0.0886. The molecule has 0 spiro atoms. The molecule has 1 N–H and O–H groups in total. The molecule has 20 heavy (non-hydrogen) atoms. The van der Waals surface area contributed by atoms with E-state index in [-0.39, 0.29) is 6.42 Å². The van der Waals surface area contributed by atoms with Crippen LogP contribution < -0.4 is 10.1 Å². The van der Waals surface area contributed by atoms with Gasteiger partial charge in [-0.15, -0.1) is 0 Å². The van der Waals surface area contributed by atoms with Crippen molar-refractivity contribution < 1.29 is 19.1 Å². The average Bonchev–Trinajstić information content (AvgIpc) is 2.39. The van der Waals surface area contributed by atoms with Gasteiger partial charge in [0.25, 0.3) is 5.91 Å². The van der Waals surface area contributed by atoms with Crippen molar-refractivity contribution in [3.8, 4) is 5.75 Å². The van der Waals surface area contributed by atoms with Gasteiger partial charge in [-0.05, 0) is 31.5 Å². The average molecular weight is 300 g/mol. The molecule has 0 radical (unpaired) electrons. The molecule has 110 valence electrons. The lowest BCUT2D eigenvalue weighted by Crippen LogP contribution is -2.30. The van der Waals surface area contributed by atoms with E-state index in [4.69, 9.17) is 21.1 Å². The minimum atomic E-state index is -0.877. The number of hydrogen-bond donors (Lipinski definition) is 1. The standard InChI is InChI=1S/C14H18ClNO4/c1-4-5-13(17)20-9(2)14(18)16-11-8-10(15)6-7-12(11)19-3/h6-9H,4-5H2,1-3H3,(H,16,18)/t9-/m0/s1. The normalized spacial score (nSPS) is 11.6. The third-order valence-electron chi connectivity index (χ3n) is 2.55. The van der Waals surface area contributed by atoms with Crippen LogP contribution in [-0.4, -0.2) is 25.1 Å². The highest BCUT2D eigenvalue weighted by molar-refractivity contribution is 6.31. The van der Waals surface area contributed by atoms with E-state index >= 15 is 0 Å². The third kappa shape index (κ3) is 4.74. The van der Waals surface area contributed by atoms with E-state index < -0.39 is 18.0 Å². The van der Waals surface area contributed by atoms with E-state index in [1.54, 1.807) is 18.2 Å². The van der Waals surface area contributed by atoms with Crippen molar-refractivity contribution in [3.63, 3.8) is 0 Å². The summed E-state index contributed by atoms with van der Waals surface area (Å²) in [7, 11) is 1.49. The van der Waals surface area contributed by atoms with Crippen LogP contribution in [0.2, 0.25) is 5.02 Å². The number of halogens is 1. The Kier molecular flexibility index (Phi) is 6.31. The summed E-state index contributed by atoms with van der Waals surface area (Å²) < 4.78 is 10.1. The molecule has 0 aliphatic carbocycles. The van der Waals surface area contributed by atoms with Crippen LogP contribution in [0.25, 0.3) is 0 Å². The summed E-state index contributed by atoms with van der Waals surface area (Å²) in [5.74, 6) is -0.349. The number of rotatable bonds is 6. The van der Waals surface area contributed by atoms with Crippen molar-refractivity contribution in [2.24, 2.45) is 0 Å². The Hall–Kier alpha value is -1.75. The first-order valence-corrected chi connectivity index (χ1v) is 6.69. The van der Waals surface area contributed by atoms with E-state index in [0.29, 0.717) is 22.9 Å². The number of hydrogen-bond acceptors (Lipinski definition) is 4. The molecule has 1 amide bonds. The molecule has 0 fully saturated rings. The van der Waals surface area contributed by atoms with Crippen LogP contribution in [0.5, 0.6) is 5.75 Å². The van der Waals surface area contributed by atoms with Gasteiger partial charge in [-0.2, -0.15) is 0 Å². The molecule has 0 aliphatic heterocycles. The Morgan fingerprint density at radius 1 is 1.40 bits per heavy atom. The predicted molar refractivity (Wildman–Crippen MR) is 77.1 cm³/mol. The molecule has 5 nitrogen and oxygen atoms in total. The lowest BCUT2D eigenvalue weighted by Gasteiger charge is -2.15. The first kappa shape index (κ1) is 16.3. The molecule has 0 aromatic heterocycles. The number of methoxy groups -OCH3 is 1. The number of carbonyl (C=O) groups is 2. The van der Waals surface area contributed by atoms with E-state index in [2.05, 4.69) is 5.32 Å². The van der Waals surface area contributed by atoms with E-state index in [9.17, 15) is 9.59 Å². The van der Waals surface area contributed by atoms with Gasteiger partial charge in [0.05, 0.1) is 12.8 Å². The van der Waals surface area contributed by atoms with Gasteiger partial charge in [0.1, 0.15) is 5.75 Å². The maximum atomic E-state index is 11.9. The molecular formula is C14H18ClNO4. The molecule has 1 aromatic carbocycles. The van der Waals surface area contributed by atoms with Crippen molar-refractivity contribution >= 4 is 29.2 Å². The maximum Gasteiger partial charge on any atom is 0.306 e. The number of ether oxygens (including phenoxy) is 2. The smallest absolute Gasteiger partial charge is 0.306 e. The highest BCUT2D eigenvalue weighted by Gasteiger charge is 2.18. The lowest BCUT2D eigenvalue weighted by molar-refractivity contribution is -0.153. The highest BCUT2D eigenvalue weighted by atomic mass is 35.5. The highest BCUT2D eigenvalue weighted by Crippen LogP contribution is 2.27. The fourth-order valence-corrected chi connectivity index (χ4v) is 1.70. The minimum absolute atomic E-state index is 0.290. The SMILES string of the molecule is CCCC(=O)O[C@@H](C)C(=O)Nc1cc(Cl)ccc1OC. The van der Waals surface area contributed by atoms with Crippen molar-refractivity contribution in [1.29, 1.82) is 0 Å². The largest absolute Gasteiger partial charge is 0.495 e. The first-order chi connectivity index (χ1) is 9.47. The van der Waals surface area contributed by atoms with Crippen molar-refractivity contribution in [2.45, 2.75) is 32.8 Å². The van der Waals surface area contributed by atoms with Gasteiger partial charge in [0.2, 0.25) is 0 Å². The summed E-state index contributed by atoms with van der Waals surface area (Å²) in [5, 5.41) is 3.09. The van der Waals surface area contributed by atoms with Gasteiger partial charge < -0.3 is 14.8 Å². The zero-order valence-electron chi connectivity index (χ0n) is 11.7. The molecule has 0 heterocycles. The molecule has 6 heteroatoms. The second-order valence-electron chi connectivity index (χ2n) is 4.22. The summed E-state index contributed by atoms with van der Waals surface area (Å²) >= 11 is 5.87. The monoisotopic (exact) mass is 299 g/mol. The molecule has 0 saturated heterocycles. The van der Waals surface area contributed by atoms with Gasteiger partial charge >= 0.3 is 5.97 Å². The summed E-state index contributed by atoms with van der Waals surface area (Å²) in [6, 6.07) is 4.87. The number of amides is 1. The van der Waals surface area contributed by atoms with Crippen LogP contribution in [-0.2, 0) is 14.3 Å². The molecule has 0 aliphatic rings. The van der Waals surface area contributed by atoms with Gasteiger partial charge in [0.15, 0.2) is 6.10 Å². The zero-order valence-corrected chi connectivity index (χ0v) is 12.5. The molecule has 0 saturated carbocycles. The Balaban J connectivity index is 2.70. The quantitative estimate of drug-likeness (QED) is 0.820. The maximum absolute atomic E-state index is 11.9. The second-order valence-corrected chi connectivity index (χ2v) is 4.65. The van der Waals surface area contributed by atoms with Crippen LogP contribution >= 0.6 is 11.6 Å². The van der Waals surface area contributed by atoms with E-state index in [1.807, 2.05) is 6.92 Å². The van der Waals surface area contributed by atoms with E-state index in [0.717, 1.165) is 0 Å². The van der Waals surface area contributed by atoms with Crippen molar-refractivity contribution in [2.75, 3.05) is 12.4 Å². The second kappa shape index (κ2) is 7.75. The fraction of sp³-hybridized carbons (Fsp3) is 0.429. The Morgan fingerprint density at radius 3 is 2.70 bits per heavy atom. The van der Waals surface area contributed by atoms with Crippen molar-refractivity contribution in [1.82, 2.24) is 0 Å². The van der Waals surface area contributed by atoms with Gasteiger partial charge in [0, 0.05) is 11.4 Å². The molecule has 1 aromatic rings. The Morgan fingerprint density at radius 2 is 2.10 bits per heavy atom. The minimum Gasteiger partial charge on any atom is -0.495 e. The fourth-order valence-electron chi connectivity index (χ4n) is 1.53. The predicted octanol–water partition coefficient (Wildman–Crippen LogP) is 3.02. The van der Waals surface area contributed by atoms with Crippen LogP contribution in [0.4, 0.5) is 5.69 Å². The van der Waals surface area contributed by atoms with Crippen LogP contribution in [0.3, 0.4) is 0 Å². The van der Waals surface area contributed by atoms with E-state index in [1.165, 1.54) is 14.0 Å². The Labute approximate surface area is 123 Å². The summed E-state index contributed by atoms with van der Waals surface area (Å²) in [6.45, 7) is 3.38. The molecule has 1 rings (SSSR count). The van der Waals surface area contributed by atoms with Crippen LogP contribution in [0.15, 0.2) is 18.2 Å². The van der Waals surface area contributed by atoms with Gasteiger partial charge in [-0.25, -0.2) is 0 Å². The number of carbonyl (C=O) groups excluding carboxylic acids is 2. The lowest BCUT2D eigenvalue weighted by atomic mass is 10.2. The summed E-state index contributed by atoms with van der Waals surface area (Å²) in [4.78, 5) is 23.3. The summed E-state index contributed by atoms with van der Waals surface area (Å²) in [5.41, 5.74) is 0.434. The number of anilines is 1. The Bertz CT molecular complexity index is 490. The number of benzene rings is 1. The van der Waals surface area contributed by atoms with Crippen molar-refractivity contribution in [3.05, 3.63) is 23.2 Å². The molecular weight excluding hydrogens is 282 g/mol. The number of esters is 1. The van der Waals surface area contributed by atoms with Gasteiger partial charge in [-0.1, -0.05) is 18.5 Å². The topological polar surface area (TPSA) is 64.6 Å².